The maximum atomic E-state index is 12.9. The smallest absolute Gasteiger partial charge is 0.308 e. The summed E-state index contributed by atoms with van der Waals surface area (Å²) < 4.78 is 11.7. The number of fused-ring (bicyclic) bond motifs is 1. The molecular formula is C21H24N2O4. The third-order valence-corrected chi connectivity index (χ3v) is 5.15. The van der Waals surface area contributed by atoms with Crippen LogP contribution in [0, 0.1) is 20.8 Å². The van der Waals surface area contributed by atoms with Crippen molar-refractivity contribution in [2.75, 3.05) is 5.32 Å². The number of amides is 1. The number of rotatable bonds is 3. The summed E-state index contributed by atoms with van der Waals surface area (Å²) in [6.07, 6.45) is 4.45. The topological polar surface area (TPSA) is 77.5 Å². The van der Waals surface area contributed by atoms with E-state index in [1.54, 1.807) is 31.5 Å². The van der Waals surface area contributed by atoms with Gasteiger partial charge in [0, 0.05) is 37.0 Å². The molecule has 0 fully saturated rings. The minimum absolute atomic E-state index is 0.196. The van der Waals surface area contributed by atoms with Crippen molar-refractivity contribution in [2.24, 2.45) is 0 Å². The summed E-state index contributed by atoms with van der Waals surface area (Å²) in [7, 11) is 0. The Morgan fingerprint density at radius 1 is 1.15 bits per heavy atom. The summed E-state index contributed by atoms with van der Waals surface area (Å²) >= 11 is 0. The molecule has 1 unspecified atom stereocenters. The van der Waals surface area contributed by atoms with E-state index in [9.17, 15) is 9.59 Å². The molecule has 1 aliphatic heterocycles. The van der Waals surface area contributed by atoms with Gasteiger partial charge in [0.2, 0.25) is 0 Å². The Hall–Kier alpha value is -2.89. The second-order valence-corrected chi connectivity index (χ2v) is 7.13. The number of carbonyl (C=O) groups excluding carboxylic acids is 2. The molecule has 0 saturated carbocycles. The van der Waals surface area contributed by atoms with Crippen molar-refractivity contribution in [2.45, 2.75) is 53.1 Å². The van der Waals surface area contributed by atoms with Gasteiger partial charge in [-0.1, -0.05) is 0 Å². The molecule has 1 aliphatic rings. The maximum absolute atomic E-state index is 12.9. The first-order valence-corrected chi connectivity index (χ1v) is 8.94. The van der Waals surface area contributed by atoms with Crippen LogP contribution in [0.4, 0.5) is 5.69 Å². The van der Waals surface area contributed by atoms with Gasteiger partial charge in [0.05, 0.1) is 0 Å². The van der Waals surface area contributed by atoms with Crippen LogP contribution in [0.5, 0.6) is 11.5 Å². The molecule has 1 aromatic carbocycles. The molecule has 0 radical (unpaired) electrons. The van der Waals surface area contributed by atoms with E-state index in [0.717, 1.165) is 22.3 Å². The molecule has 2 aromatic rings. The van der Waals surface area contributed by atoms with Gasteiger partial charge in [0.1, 0.15) is 11.5 Å². The minimum Gasteiger partial charge on any atom is -0.477 e. The predicted octanol–water partition coefficient (Wildman–Crippen LogP) is 3.65. The van der Waals surface area contributed by atoms with Crippen molar-refractivity contribution >= 4 is 17.6 Å². The van der Waals surface area contributed by atoms with E-state index in [4.69, 9.17) is 9.47 Å². The monoisotopic (exact) mass is 368 g/mol. The zero-order chi connectivity index (χ0) is 19.8. The van der Waals surface area contributed by atoms with Crippen LogP contribution in [0.1, 0.15) is 42.5 Å². The number of anilines is 1. The molecular weight excluding hydrogens is 344 g/mol. The summed E-state index contributed by atoms with van der Waals surface area (Å²) in [4.78, 5) is 28.3. The number of ether oxygens (including phenoxy) is 2. The lowest BCUT2D eigenvalue weighted by atomic mass is 9.86. The first-order valence-electron chi connectivity index (χ1n) is 8.94. The molecule has 27 heavy (non-hydrogen) atoms. The van der Waals surface area contributed by atoms with Crippen LogP contribution >= 0.6 is 0 Å². The lowest BCUT2D eigenvalue weighted by Crippen LogP contribution is -2.48. The first kappa shape index (κ1) is 18.9. The normalized spacial score (nSPS) is 18.3. The number of aromatic nitrogens is 1. The third-order valence-electron chi connectivity index (χ3n) is 5.15. The standard InChI is InChI=1S/C21H24N2O4/c1-12-13(2)19-17(14(3)18(12)26-15(4)24)6-9-21(5,27-19)20(25)23-16-7-10-22-11-8-16/h7-8,10-11H,6,9H2,1-5H3,(H,22,23,25). The number of benzene rings is 1. The summed E-state index contributed by atoms with van der Waals surface area (Å²) in [5.74, 6) is 0.753. The quantitative estimate of drug-likeness (QED) is 0.661. The molecule has 0 saturated heterocycles. The van der Waals surface area contributed by atoms with Crippen LogP contribution < -0.4 is 14.8 Å². The second kappa shape index (κ2) is 7.02. The highest BCUT2D eigenvalue weighted by atomic mass is 16.5. The molecule has 0 aliphatic carbocycles. The SMILES string of the molecule is CC(=O)Oc1c(C)c(C)c2c(c1C)CCC(C)(C(=O)Nc1ccncc1)O2. The molecule has 142 valence electrons. The Bertz CT molecular complexity index is 908. The van der Waals surface area contributed by atoms with Crippen LogP contribution in [-0.4, -0.2) is 22.5 Å². The molecule has 6 heteroatoms. The number of hydrogen-bond acceptors (Lipinski definition) is 5. The fourth-order valence-electron chi connectivity index (χ4n) is 3.39. The van der Waals surface area contributed by atoms with Crippen molar-refractivity contribution in [3.63, 3.8) is 0 Å². The van der Waals surface area contributed by atoms with Gasteiger partial charge < -0.3 is 14.8 Å². The molecule has 3 rings (SSSR count). The second-order valence-electron chi connectivity index (χ2n) is 7.13. The first-order chi connectivity index (χ1) is 12.7. The third kappa shape index (κ3) is 3.52. The molecule has 1 amide bonds. The van der Waals surface area contributed by atoms with Crippen LogP contribution in [0.2, 0.25) is 0 Å². The Balaban J connectivity index is 1.93. The van der Waals surface area contributed by atoms with Crippen molar-refractivity contribution in [1.29, 1.82) is 0 Å². The van der Waals surface area contributed by atoms with Gasteiger partial charge in [-0.2, -0.15) is 0 Å². The van der Waals surface area contributed by atoms with Crippen LogP contribution in [0.25, 0.3) is 0 Å². The van der Waals surface area contributed by atoms with Gasteiger partial charge in [-0.15, -0.1) is 0 Å². The predicted molar refractivity (Wildman–Crippen MR) is 102 cm³/mol. The highest BCUT2D eigenvalue weighted by molar-refractivity contribution is 5.97. The number of nitrogens with zero attached hydrogens (tertiary/aromatic N) is 1. The van der Waals surface area contributed by atoms with E-state index in [-0.39, 0.29) is 11.9 Å². The van der Waals surface area contributed by atoms with Gasteiger partial charge in [-0.25, -0.2) is 0 Å². The lowest BCUT2D eigenvalue weighted by molar-refractivity contribution is -0.132. The summed E-state index contributed by atoms with van der Waals surface area (Å²) in [5.41, 5.74) is 3.31. The van der Waals surface area contributed by atoms with Crippen molar-refractivity contribution < 1.29 is 19.1 Å². The zero-order valence-electron chi connectivity index (χ0n) is 16.3. The molecule has 1 N–H and O–H groups in total. The zero-order valence-corrected chi connectivity index (χ0v) is 16.3. The van der Waals surface area contributed by atoms with E-state index in [2.05, 4.69) is 10.3 Å². The Labute approximate surface area is 158 Å². The highest BCUT2D eigenvalue weighted by Gasteiger charge is 2.41. The molecule has 1 atom stereocenters. The fraction of sp³-hybridized carbons (Fsp3) is 0.381. The molecule has 0 spiro atoms. The Morgan fingerprint density at radius 3 is 2.44 bits per heavy atom. The largest absolute Gasteiger partial charge is 0.477 e. The lowest BCUT2D eigenvalue weighted by Gasteiger charge is -2.36. The van der Waals surface area contributed by atoms with E-state index >= 15 is 0 Å². The minimum atomic E-state index is -0.983. The average Bonchev–Trinajstić information content (AvgIpc) is 2.64. The summed E-state index contributed by atoms with van der Waals surface area (Å²) in [6.45, 7) is 8.94. The Morgan fingerprint density at radius 2 is 1.81 bits per heavy atom. The molecule has 6 nitrogen and oxygen atoms in total. The summed E-state index contributed by atoms with van der Waals surface area (Å²) in [6, 6.07) is 3.48. The van der Waals surface area contributed by atoms with Crippen LogP contribution in [-0.2, 0) is 16.0 Å². The molecule has 2 heterocycles. The van der Waals surface area contributed by atoms with Crippen molar-refractivity contribution in [1.82, 2.24) is 4.98 Å². The fourth-order valence-corrected chi connectivity index (χ4v) is 3.39. The van der Waals surface area contributed by atoms with E-state index in [1.165, 1.54) is 6.92 Å². The molecule has 0 bridgehead atoms. The number of hydrogen-bond donors (Lipinski definition) is 1. The molecule has 1 aromatic heterocycles. The number of esters is 1. The Kier molecular flexibility index (Phi) is 4.91. The highest BCUT2D eigenvalue weighted by Crippen LogP contribution is 2.44. The van der Waals surface area contributed by atoms with Gasteiger partial charge in [0.25, 0.3) is 5.91 Å². The summed E-state index contributed by atoms with van der Waals surface area (Å²) in [5, 5.41) is 2.90. The number of carbonyl (C=O) groups is 2. The van der Waals surface area contributed by atoms with E-state index in [1.807, 2.05) is 20.8 Å². The van der Waals surface area contributed by atoms with Gasteiger partial charge >= 0.3 is 5.97 Å². The van der Waals surface area contributed by atoms with E-state index < -0.39 is 5.60 Å². The number of nitrogens with one attached hydrogen (secondary N) is 1. The van der Waals surface area contributed by atoms with Gasteiger partial charge in [0.15, 0.2) is 5.60 Å². The van der Waals surface area contributed by atoms with Gasteiger partial charge in [-0.3, -0.25) is 14.6 Å². The van der Waals surface area contributed by atoms with Crippen LogP contribution in [0.3, 0.4) is 0 Å². The van der Waals surface area contributed by atoms with Crippen LogP contribution in [0.15, 0.2) is 24.5 Å². The van der Waals surface area contributed by atoms with Crippen molar-refractivity contribution in [3.8, 4) is 11.5 Å². The maximum Gasteiger partial charge on any atom is 0.308 e. The number of pyridine rings is 1. The van der Waals surface area contributed by atoms with Crippen molar-refractivity contribution in [3.05, 3.63) is 46.8 Å². The average molecular weight is 368 g/mol. The van der Waals surface area contributed by atoms with Gasteiger partial charge in [-0.05, 0) is 62.9 Å². The van der Waals surface area contributed by atoms with E-state index in [0.29, 0.717) is 30.0 Å².